The Morgan fingerprint density at radius 2 is 2.17 bits per heavy atom. The molecule has 1 aromatic carbocycles. The Labute approximate surface area is 146 Å². The van der Waals surface area contributed by atoms with Crippen LogP contribution in [0.3, 0.4) is 0 Å². The molecule has 5 nitrogen and oxygen atoms in total. The van der Waals surface area contributed by atoms with Crippen LogP contribution in [0.1, 0.15) is 35.9 Å². The van der Waals surface area contributed by atoms with Crippen molar-refractivity contribution in [3.63, 3.8) is 0 Å². The molecule has 1 amide bonds. The lowest BCUT2D eigenvalue weighted by Crippen LogP contribution is -2.46. The van der Waals surface area contributed by atoms with E-state index >= 15 is 0 Å². The minimum Gasteiger partial charge on any atom is -0.396 e. The van der Waals surface area contributed by atoms with Crippen LogP contribution in [-0.2, 0) is 0 Å². The molecule has 0 radical (unpaired) electrons. The molecular formula is C18H22ClN3O2. The summed E-state index contributed by atoms with van der Waals surface area (Å²) in [4.78, 5) is 14.7. The number of nitrogens with zero attached hydrogens (tertiary/aromatic N) is 3. The molecule has 1 N–H and O–H groups in total. The van der Waals surface area contributed by atoms with Gasteiger partial charge in [0.05, 0.1) is 5.69 Å². The van der Waals surface area contributed by atoms with Gasteiger partial charge in [-0.25, -0.2) is 4.68 Å². The average Bonchev–Trinajstić information content (AvgIpc) is 2.96. The van der Waals surface area contributed by atoms with Crippen molar-refractivity contribution in [1.29, 1.82) is 0 Å². The number of piperidine rings is 1. The van der Waals surface area contributed by atoms with Crippen molar-refractivity contribution in [3.05, 3.63) is 46.7 Å². The van der Waals surface area contributed by atoms with Gasteiger partial charge >= 0.3 is 0 Å². The predicted molar refractivity (Wildman–Crippen MR) is 93.6 cm³/mol. The molecule has 2 unspecified atom stereocenters. The summed E-state index contributed by atoms with van der Waals surface area (Å²) in [5.41, 5.74) is 2.14. The number of rotatable bonds is 3. The van der Waals surface area contributed by atoms with Gasteiger partial charge in [0.25, 0.3) is 5.91 Å². The molecule has 128 valence electrons. The van der Waals surface area contributed by atoms with Crippen molar-refractivity contribution in [3.8, 4) is 5.69 Å². The van der Waals surface area contributed by atoms with E-state index in [1.54, 1.807) is 16.8 Å². The third-order valence-corrected chi connectivity index (χ3v) is 4.89. The maximum Gasteiger partial charge on any atom is 0.274 e. The Balaban J connectivity index is 1.87. The molecule has 0 saturated carbocycles. The lowest BCUT2D eigenvalue weighted by molar-refractivity contribution is 0.0483. The first kappa shape index (κ1) is 17.0. The first-order chi connectivity index (χ1) is 11.5. The van der Waals surface area contributed by atoms with Crippen LogP contribution in [0, 0.1) is 12.8 Å². The first-order valence-electron chi connectivity index (χ1n) is 8.24. The summed E-state index contributed by atoms with van der Waals surface area (Å²) in [6, 6.07) is 9.36. The van der Waals surface area contributed by atoms with Crippen LogP contribution in [-0.4, -0.2) is 44.9 Å². The zero-order chi connectivity index (χ0) is 17.3. The lowest BCUT2D eigenvalue weighted by Gasteiger charge is -2.37. The number of aliphatic hydroxyl groups excluding tert-OH is 1. The van der Waals surface area contributed by atoms with E-state index < -0.39 is 0 Å². The van der Waals surface area contributed by atoms with E-state index in [1.165, 1.54) is 0 Å². The maximum atomic E-state index is 12.9. The zero-order valence-corrected chi connectivity index (χ0v) is 14.7. The Morgan fingerprint density at radius 1 is 1.38 bits per heavy atom. The number of hydrogen-bond acceptors (Lipinski definition) is 3. The molecular weight excluding hydrogens is 326 g/mol. The van der Waals surface area contributed by atoms with Crippen molar-refractivity contribution in [2.75, 3.05) is 13.2 Å². The van der Waals surface area contributed by atoms with Crippen molar-refractivity contribution in [1.82, 2.24) is 14.7 Å². The predicted octanol–water partition coefficient (Wildman–Crippen LogP) is 3.07. The molecule has 24 heavy (non-hydrogen) atoms. The third-order valence-electron chi connectivity index (χ3n) is 4.66. The summed E-state index contributed by atoms with van der Waals surface area (Å²) in [6.45, 7) is 4.67. The van der Waals surface area contributed by atoms with Gasteiger partial charge in [-0.3, -0.25) is 4.79 Å². The number of aryl methyl sites for hydroxylation is 1. The second-order valence-corrected chi connectivity index (χ2v) is 6.93. The molecule has 1 aromatic heterocycles. The molecule has 2 atom stereocenters. The second-order valence-electron chi connectivity index (χ2n) is 6.50. The molecule has 0 aliphatic carbocycles. The second kappa shape index (κ2) is 6.95. The fourth-order valence-corrected chi connectivity index (χ4v) is 3.39. The quantitative estimate of drug-likeness (QED) is 0.928. The minimum atomic E-state index is -0.0791. The molecule has 0 bridgehead atoms. The fraction of sp³-hybridized carbons (Fsp3) is 0.444. The van der Waals surface area contributed by atoms with Crippen LogP contribution in [0.25, 0.3) is 5.69 Å². The topological polar surface area (TPSA) is 58.4 Å². The molecule has 1 aliphatic heterocycles. The zero-order valence-electron chi connectivity index (χ0n) is 13.9. The third kappa shape index (κ3) is 3.32. The van der Waals surface area contributed by atoms with Gasteiger partial charge in [0.15, 0.2) is 5.69 Å². The van der Waals surface area contributed by atoms with Gasteiger partial charge in [0, 0.05) is 29.9 Å². The molecule has 2 heterocycles. The van der Waals surface area contributed by atoms with Gasteiger partial charge in [-0.05, 0) is 56.9 Å². The number of carbonyl (C=O) groups is 1. The summed E-state index contributed by atoms with van der Waals surface area (Å²) >= 11 is 6.05. The average molecular weight is 348 g/mol. The Bertz CT molecular complexity index is 744. The summed E-state index contributed by atoms with van der Waals surface area (Å²) in [6.07, 6.45) is 1.86. The number of halogens is 1. The number of aromatic nitrogens is 2. The van der Waals surface area contributed by atoms with Gasteiger partial charge in [-0.1, -0.05) is 17.7 Å². The van der Waals surface area contributed by atoms with E-state index in [-0.39, 0.29) is 24.5 Å². The van der Waals surface area contributed by atoms with Gasteiger partial charge in [-0.2, -0.15) is 5.10 Å². The Hall–Kier alpha value is -1.85. The van der Waals surface area contributed by atoms with Gasteiger partial charge in [0.2, 0.25) is 0 Å². The largest absolute Gasteiger partial charge is 0.396 e. The van der Waals surface area contributed by atoms with Gasteiger partial charge in [0.1, 0.15) is 0 Å². The van der Waals surface area contributed by atoms with E-state index in [9.17, 15) is 9.90 Å². The lowest BCUT2D eigenvalue weighted by atomic mass is 9.94. The van der Waals surface area contributed by atoms with Crippen LogP contribution in [0.2, 0.25) is 5.02 Å². The molecule has 2 aromatic rings. The Kier molecular flexibility index (Phi) is 4.92. The monoisotopic (exact) mass is 347 g/mol. The highest BCUT2D eigenvalue weighted by molar-refractivity contribution is 6.30. The summed E-state index contributed by atoms with van der Waals surface area (Å²) in [5, 5.41) is 14.5. The minimum absolute atomic E-state index is 0.0791. The number of hydrogen-bond donors (Lipinski definition) is 1. The number of aliphatic hydroxyl groups is 1. The van der Waals surface area contributed by atoms with Crippen molar-refractivity contribution >= 4 is 17.5 Å². The summed E-state index contributed by atoms with van der Waals surface area (Å²) in [7, 11) is 0. The number of amides is 1. The maximum absolute atomic E-state index is 12.9. The van der Waals surface area contributed by atoms with E-state index in [1.807, 2.05) is 36.9 Å². The molecule has 3 rings (SSSR count). The summed E-state index contributed by atoms with van der Waals surface area (Å²) < 4.78 is 1.73. The summed E-state index contributed by atoms with van der Waals surface area (Å²) in [5.74, 6) is 0.0748. The molecule has 1 aliphatic rings. The highest BCUT2D eigenvalue weighted by atomic mass is 35.5. The normalized spacial score (nSPS) is 21.1. The molecule has 1 saturated heterocycles. The van der Waals surface area contributed by atoms with Crippen molar-refractivity contribution in [2.24, 2.45) is 5.92 Å². The smallest absolute Gasteiger partial charge is 0.274 e. The number of benzene rings is 1. The number of likely N-dealkylation sites (tertiary alicyclic amines) is 1. The van der Waals surface area contributed by atoms with Crippen LogP contribution >= 0.6 is 11.6 Å². The Morgan fingerprint density at radius 3 is 2.88 bits per heavy atom. The van der Waals surface area contributed by atoms with E-state index in [0.717, 1.165) is 24.2 Å². The molecule has 6 heteroatoms. The standard InChI is InChI=1S/C18H22ClN3O2/c1-12-6-7-14(11-23)10-21(12)18(24)17-8-13(2)22(20-17)16-5-3-4-15(19)9-16/h3-5,8-9,12,14,23H,6-7,10-11H2,1-2H3. The van der Waals surface area contributed by atoms with Crippen molar-refractivity contribution in [2.45, 2.75) is 32.7 Å². The van der Waals surface area contributed by atoms with Gasteiger partial charge < -0.3 is 10.0 Å². The molecule has 1 fully saturated rings. The van der Waals surface area contributed by atoms with Crippen LogP contribution in [0.4, 0.5) is 0 Å². The molecule has 0 spiro atoms. The van der Waals surface area contributed by atoms with Crippen LogP contribution < -0.4 is 0 Å². The van der Waals surface area contributed by atoms with E-state index in [4.69, 9.17) is 11.6 Å². The highest BCUT2D eigenvalue weighted by Crippen LogP contribution is 2.24. The fourth-order valence-electron chi connectivity index (χ4n) is 3.21. The van der Waals surface area contributed by atoms with E-state index in [2.05, 4.69) is 5.10 Å². The van der Waals surface area contributed by atoms with Crippen molar-refractivity contribution < 1.29 is 9.90 Å². The van der Waals surface area contributed by atoms with Crippen LogP contribution in [0.15, 0.2) is 30.3 Å². The van der Waals surface area contributed by atoms with Gasteiger partial charge in [-0.15, -0.1) is 0 Å². The number of carbonyl (C=O) groups excluding carboxylic acids is 1. The SMILES string of the molecule is Cc1cc(C(=O)N2CC(CO)CCC2C)nn1-c1cccc(Cl)c1. The van der Waals surface area contributed by atoms with E-state index in [0.29, 0.717) is 17.3 Å². The first-order valence-corrected chi connectivity index (χ1v) is 8.62. The van der Waals surface area contributed by atoms with Crippen LogP contribution in [0.5, 0.6) is 0 Å². The highest BCUT2D eigenvalue weighted by Gasteiger charge is 2.30.